The molecule has 2 aliphatic rings. The lowest BCUT2D eigenvalue weighted by molar-refractivity contribution is 0.184. The Morgan fingerprint density at radius 2 is 1.92 bits per heavy atom. The molecule has 1 fully saturated rings. The second-order valence-electron chi connectivity index (χ2n) is 7.34. The van der Waals surface area contributed by atoms with Gasteiger partial charge in [0.05, 0.1) is 5.69 Å². The minimum Gasteiger partial charge on any atom is -0.306 e. The molecule has 4 rings (SSSR count). The predicted molar refractivity (Wildman–Crippen MR) is 101 cm³/mol. The van der Waals surface area contributed by atoms with Crippen molar-refractivity contribution in [2.75, 3.05) is 13.1 Å². The van der Waals surface area contributed by atoms with E-state index >= 15 is 0 Å². The Balaban J connectivity index is 1.55. The van der Waals surface area contributed by atoms with Crippen LogP contribution in [-0.4, -0.2) is 28.0 Å². The van der Waals surface area contributed by atoms with Gasteiger partial charge in [0.2, 0.25) is 0 Å². The zero-order valence-electron chi connectivity index (χ0n) is 14.4. The summed E-state index contributed by atoms with van der Waals surface area (Å²) in [6, 6.07) is 7.45. The van der Waals surface area contributed by atoms with Gasteiger partial charge in [-0.1, -0.05) is 30.9 Å². The van der Waals surface area contributed by atoms with Crippen molar-refractivity contribution in [3.63, 3.8) is 0 Å². The fourth-order valence-corrected chi connectivity index (χ4v) is 4.25. The highest BCUT2D eigenvalue weighted by Gasteiger charge is 2.24. The van der Waals surface area contributed by atoms with Crippen molar-refractivity contribution < 1.29 is 0 Å². The normalized spacial score (nSPS) is 18.9. The summed E-state index contributed by atoms with van der Waals surface area (Å²) >= 11 is 5.96. The monoisotopic (exact) mass is 357 g/mol. The molecule has 0 radical (unpaired) electrons. The molecule has 1 N–H and O–H groups in total. The van der Waals surface area contributed by atoms with Crippen molar-refractivity contribution in [2.24, 2.45) is 5.92 Å². The second kappa shape index (κ2) is 7.30. The number of aromatic amines is 1. The molecule has 1 aliphatic heterocycles. The zero-order chi connectivity index (χ0) is 17.2. The Morgan fingerprint density at radius 1 is 1.16 bits per heavy atom. The van der Waals surface area contributed by atoms with Gasteiger partial charge in [-0.2, -0.15) is 0 Å². The van der Waals surface area contributed by atoms with E-state index in [4.69, 9.17) is 16.6 Å². The average molecular weight is 358 g/mol. The SMILES string of the molecule is O=c1[nH]c(-c2ccc(Cl)cc2)nc2c1CCN(CC1CCCCC1)C2. The van der Waals surface area contributed by atoms with Gasteiger partial charge < -0.3 is 4.98 Å². The number of nitrogens with zero attached hydrogens (tertiary/aromatic N) is 2. The van der Waals surface area contributed by atoms with Crippen LogP contribution in [0.25, 0.3) is 11.4 Å². The summed E-state index contributed by atoms with van der Waals surface area (Å²) in [4.78, 5) is 22.7. The first-order valence-electron chi connectivity index (χ1n) is 9.29. The predicted octanol–water partition coefficient (Wildman–Crippen LogP) is 4.03. The van der Waals surface area contributed by atoms with Gasteiger partial charge in [-0.05, 0) is 49.4 Å². The highest BCUT2D eigenvalue weighted by Crippen LogP contribution is 2.26. The maximum absolute atomic E-state index is 12.5. The second-order valence-corrected chi connectivity index (χ2v) is 7.77. The maximum atomic E-state index is 12.5. The summed E-state index contributed by atoms with van der Waals surface area (Å²) in [5, 5.41) is 0.683. The molecule has 1 aliphatic carbocycles. The smallest absolute Gasteiger partial charge is 0.254 e. The van der Waals surface area contributed by atoms with Crippen molar-refractivity contribution in [1.82, 2.24) is 14.9 Å². The molecule has 2 aromatic rings. The maximum Gasteiger partial charge on any atom is 0.254 e. The van der Waals surface area contributed by atoms with Crippen LogP contribution in [0.15, 0.2) is 29.1 Å². The van der Waals surface area contributed by atoms with Crippen LogP contribution >= 0.6 is 11.6 Å². The summed E-state index contributed by atoms with van der Waals surface area (Å²) in [5.74, 6) is 1.45. The third kappa shape index (κ3) is 3.80. The zero-order valence-corrected chi connectivity index (χ0v) is 15.2. The van der Waals surface area contributed by atoms with Crippen molar-refractivity contribution in [3.05, 3.63) is 50.9 Å². The topological polar surface area (TPSA) is 49.0 Å². The Labute approximate surface area is 153 Å². The Hall–Kier alpha value is -1.65. The quantitative estimate of drug-likeness (QED) is 0.902. The minimum absolute atomic E-state index is 0.00673. The Bertz CT molecular complexity index is 794. The van der Waals surface area contributed by atoms with Gasteiger partial charge in [0.25, 0.3) is 5.56 Å². The first-order chi connectivity index (χ1) is 12.2. The number of fused-ring (bicyclic) bond motifs is 1. The number of halogens is 1. The molecule has 1 aromatic carbocycles. The van der Waals surface area contributed by atoms with Gasteiger partial charge in [-0.25, -0.2) is 4.98 Å². The summed E-state index contributed by atoms with van der Waals surface area (Å²) in [6.45, 7) is 2.90. The molecule has 0 unspecified atom stereocenters. The Kier molecular flexibility index (Phi) is 4.91. The molecule has 4 nitrogen and oxygen atoms in total. The van der Waals surface area contributed by atoms with E-state index in [9.17, 15) is 4.79 Å². The van der Waals surface area contributed by atoms with Gasteiger partial charge in [0.15, 0.2) is 0 Å². The van der Waals surface area contributed by atoms with E-state index in [1.165, 1.54) is 32.1 Å². The molecule has 1 aromatic heterocycles. The van der Waals surface area contributed by atoms with Gasteiger partial charge in [-0.15, -0.1) is 0 Å². The van der Waals surface area contributed by atoms with Crippen LogP contribution in [0, 0.1) is 5.92 Å². The molecule has 132 valence electrons. The highest BCUT2D eigenvalue weighted by molar-refractivity contribution is 6.30. The average Bonchev–Trinajstić information content (AvgIpc) is 2.63. The minimum atomic E-state index is 0.00673. The Morgan fingerprint density at radius 3 is 2.68 bits per heavy atom. The van der Waals surface area contributed by atoms with Crippen LogP contribution < -0.4 is 5.56 Å². The summed E-state index contributed by atoms with van der Waals surface area (Å²) in [6.07, 6.45) is 7.62. The van der Waals surface area contributed by atoms with E-state index in [0.29, 0.717) is 10.8 Å². The molecule has 2 heterocycles. The summed E-state index contributed by atoms with van der Waals surface area (Å²) < 4.78 is 0. The molecule has 0 amide bonds. The van der Waals surface area contributed by atoms with Crippen molar-refractivity contribution in [1.29, 1.82) is 0 Å². The molecule has 0 bridgehead atoms. The molecular weight excluding hydrogens is 334 g/mol. The molecule has 0 saturated heterocycles. The number of hydrogen-bond acceptors (Lipinski definition) is 3. The van der Waals surface area contributed by atoms with E-state index in [1.54, 1.807) is 0 Å². The van der Waals surface area contributed by atoms with Crippen LogP contribution in [-0.2, 0) is 13.0 Å². The molecule has 25 heavy (non-hydrogen) atoms. The van der Waals surface area contributed by atoms with E-state index in [2.05, 4.69) is 9.88 Å². The van der Waals surface area contributed by atoms with Gasteiger partial charge in [0.1, 0.15) is 5.82 Å². The lowest BCUT2D eigenvalue weighted by Gasteiger charge is -2.32. The van der Waals surface area contributed by atoms with Gasteiger partial charge in [0, 0.05) is 35.8 Å². The molecular formula is C20H24ClN3O. The van der Waals surface area contributed by atoms with E-state index in [-0.39, 0.29) is 5.56 Å². The number of aromatic nitrogens is 2. The molecule has 1 saturated carbocycles. The van der Waals surface area contributed by atoms with Crippen molar-refractivity contribution in [3.8, 4) is 11.4 Å². The summed E-state index contributed by atoms with van der Waals surface area (Å²) in [7, 11) is 0. The highest BCUT2D eigenvalue weighted by atomic mass is 35.5. The van der Waals surface area contributed by atoms with Crippen LogP contribution in [0.1, 0.15) is 43.4 Å². The lowest BCUT2D eigenvalue weighted by Crippen LogP contribution is -2.38. The number of nitrogens with one attached hydrogen (secondary N) is 1. The van der Waals surface area contributed by atoms with E-state index in [1.807, 2.05) is 24.3 Å². The van der Waals surface area contributed by atoms with Gasteiger partial charge in [-0.3, -0.25) is 9.69 Å². The van der Waals surface area contributed by atoms with Crippen molar-refractivity contribution in [2.45, 2.75) is 45.1 Å². The molecule has 0 atom stereocenters. The van der Waals surface area contributed by atoms with Crippen LogP contribution in [0.5, 0.6) is 0 Å². The van der Waals surface area contributed by atoms with Crippen LogP contribution in [0.4, 0.5) is 0 Å². The summed E-state index contributed by atoms with van der Waals surface area (Å²) in [5.41, 5.74) is 2.70. The van der Waals surface area contributed by atoms with E-state index < -0.39 is 0 Å². The number of benzene rings is 1. The lowest BCUT2D eigenvalue weighted by atomic mass is 9.88. The third-order valence-corrected chi connectivity index (χ3v) is 5.76. The number of rotatable bonds is 3. The third-order valence-electron chi connectivity index (χ3n) is 5.51. The number of H-pyrrole nitrogens is 1. The van der Waals surface area contributed by atoms with E-state index in [0.717, 1.165) is 48.8 Å². The first-order valence-corrected chi connectivity index (χ1v) is 9.67. The van der Waals surface area contributed by atoms with Crippen molar-refractivity contribution >= 4 is 11.6 Å². The first kappa shape index (κ1) is 16.8. The largest absolute Gasteiger partial charge is 0.306 e. The fourth-order valence-electron chi connectivity index (χ4n) is 4.13. The van der Waals surface area contributed by atoms with Crippen LogP contribution in [0.2, 0.25) is 5.02 Å². The van der Waals surface area contributed by atoms with Gasteiger partial charge >= 0.3 is 0 Å². The molecule has 0 spiro atoms. The fraction of sp³-hybridized carbons (Fsp3) is 0.500. The standard InChI is InChI=1S/C20H24ClN3O/c21-16-8-6-15(7-9-16)19-22-18-13-24(11-10-17(18)20(25)23-19)12-14-4-2-1-3-5-14/h6-9,14H,1-5,10-13H2,(H,22,23,25). The van der Waals surface area contributed by atoms with Crippen LogP contribution in [0.3, 0.4) is 0 Å². The number of hydrogen-bond donors (Lipinski definition) is 1. The molecule has 5 heteroatoms.